The highest BCUT2D eigenvalue weighted by Gasteiger charge is 2.34. The van der Waals surface area contributed by atoms with Gasteiger partial charge in [-0.05, 0) is 37.3 Å². The van der Waals surface area contributed by atoms with Crippen LogP contribution in [0.1, 0.15) is 44.4 Å². The van der Waals surface area contributed by atoms with Crippen LogP contribution >= 0.6 is 11.3 Å². The lowest BCUT2D eigenvalue weighted by Crippen LogP contribution is -2.43. The van der Waals surface area contributed by atoms with E-state index in [2.05, 4.69) is 12.2 Å². The molecule has 0 aromatic carbocycles. The zero-order valence-electron chi connectivity index (χ0n) is 12.3. The lowest BCUT2D eigenvalue weighted by Gasteiger charge is -2.34. The molecule has 0 radical (unpaired) electrons. The van der Waals surface area contributed by atoms with Crippen molar-refractivity contribution in [3.05, 3.63) is 16.3 Å². The summed E-state index contributed by atoms with van der Waals surface area (Å²) in [6.07, 6.45) is 4.00. The average Bonchev–Trinajstić information content (AvgIpc) is 2.94. The summed E-state index contributed by atoms with van der Waals surface area (Å²) in [5, 5.41) is 5.10. The van der Waals surface area contributed by atoms with Crippen LogP contribution in [-0.2, 0) is 16.6 Å². The Kier molecular flexibility index (Phi) is 5.60. The summed E-state index contributed by atoms with van der Waals surface area (Å²) >= 11 is 1.52. The number of hydrogen-bond acceptors (Lipinski definition) is 4. The van der Waals surface area contributed by atoms with Crippen LogP contribution in [-0.4, -0.2) is 31.9 Å². The monoisotopic (exact) mass is 316 g/mol. The lowest BCUT2D eigenvalue weighted by molar-refractivity contribution is 0.246. The van der Waals surface area contributed by atoms with Gasteiger partial charge in [-0.1, -0.05) is 20.3 Å². The van der Waals surface area contributed by atoms with E-state index in [0.29, 0.717) is 18.0 Å². The van der Waals surface area contributed by atoms with Crippen molar-refractivity contribution in [3.63, 3.8) is 0 Å². The maximum Gasteiger partial charge on any atom is 0.244 e. The molecule has 2 heterocycles. The number of nitrogens with one attached hydrogen (secondary N) is 1. The summed E-state index contributed by atoms with van der Waals surface area (Å²) in [6, 6.07) is 1.93. The van der Waals surface area contributed by atoms with E-state index >= 15 is 0 Å². The number of nitrogens with zero attached hydrogens (tertiary/aromatic N) is 1. The zero-order chi connectivity index (χ0) is 14.6. The molecule has 1 saturated heterocycles. The van der Waals surface area contributed by atoms with Crippen molar-refractivity contribution in [1.29, 1.82) is 0 Å². The third kappa shape index (κ3) is 3.24. The first-order valence-corrected chi connectivity index (χ1v) is 9.72. The zero-order valence-corrected chi connectivity index (χ0v) is 13.9. The molecule has 0 bridgehead atoms. The Labute approximate surface area is 126 Å². The van der Waals surface area contributed by atoms with Crippen molar-refractivity contribution in [1.82, 2.24) is 9.62 Å². The topological polar surface area (TPSA) is 49.4 Å². The molecule has 1 unspecified atom stereocenters. The maximum absolute atomic E-state index is 12.9. The fraction of sp³-hybridized carbons (Fsp3) is 0.714. The van der Waals surface area contributed by atoms with Crippen LogP contribution in [0, 0.1) is 0 Å². The van der Waals surface area contributed by atoms with E-state index in [-0.39, 0.29) is 6.04 Å². The molecule has 1 aliphatic heterocycles. The maximum atomic E-state index is 12.9. The smallest absolute Gasteiger partial charge is 0.244 e. The van der Waals surface area contributed by atoms with Gasteiger partial charge in [0.15, 0.2) is 0 Å². The molecule has 1 aromatic heterocycles. The van der Waals surface area contributed by atoms with Crippen molar-refractivity contribution in [2.24, 2.45) is 0 Å². The Balaban J connectivity index is 2.27. The van der Waals surface area contributed by atoms with Crippen molar-refractivity contribution in [3.8, 4) is 0 Å². The minimum absolute atomic E-state index is 0.167. The van der Waals surface area contributed by atoms with Gasteiger partial charge in [0, 0.05) is 24.0 Å². The van der Waals surface area contributed by atoms with Crippen LogP contribution in [0.4, 0.5) is 0 Å². The molecule has 0 saturated carbocycles. The molecule has 6 heteroatoms. The molecule has 1 aliphatic rings. The first kappa shape index (κ1) is 15.9. The van der Waals surface area contributed by atoms with E-state index in [9.17, 15) is 8.42 Å². The molecule has 1 atom stereocenters. The Bertz CT molecular complexity index is 525. The quantitative estimate of drug-likeness (QED) is 0.878. The number of hydrogen-bond donors (Lipinski definition) is 1. The normalized spacial score (nSPS) is 21.2. The van der Waals surface area contributed by atoms with Crippen LogP contribution < -0.4 is 5.32 Å². The lowest BCUT2D eigenvalue weighted by atomic mass is 10.0. The van der Waals surface area contributed by atoms with Gasteiger partial charge >= 0.3 is 0 Å². The van der Waals surface area contributed by atoms with Crippen molar-refractivity contribution in [2.75, 3.05) is 13.1 Å². The molecule has 0 amide bonds. The second-order valence-corrected chi connectivity index (χ2v) is 8.02. The molecule has 2 rings (SSSR count). The Hall–Kier alpha value is -0.430. The van der Waals surface area contributed by atoms with E-state index in [0.717, 1.165) is 37.1 Å². The summed E-state index contributed by atoms with van der Waals surface area (Å²) in [4.78, 5) is 1.43. The van der Waals surface area contributed by atoms with Gasteiger partial charge in [-0.3, -0.25) is 0 Å². The Morgan fingerprint density at radius 3 is 2.90 bits per heavy atom. The van der Waals surface area contributed by atoms with Gasteiger partial charge in [-0.25, -0.2) is 8.42 Å². The largest absolute Gasteiger partial charge is 0.312 e. The van der Waals surface area contributed by atoms with E-state index in [1.165, 1.54) is 11.3 Å². The second kappa shape index (κ2) is 7.02. The van der Waals surface area contributed by atoms with Crippen molar-refractivity contribution < 1.29 is 8.42 Å². The molecule has 20 heavy (non-hydrogen) atoms. The number of thiophene rings is 1. The SMILES string of the molecule is CCNCc1sccc1S(=O)(=O)N1CCCCC1CC. The summed E-state index contributed by atoms with van der Waals surface area (Å²) < 4.78 is 27.5. The van der Waals surface area contributed by atoms with E-state index in [4.69, 9.17) is 0 Å². The molecule has 114 valence electrons. The standard InChI is InChI=1S/C14H24N2O2S2/c1-3-12-7-5-6-9-16(12)20(17,18)14-8-10-19-13(14)11-15-4-2/h8,10,12,15H,3-7,9,11H2,1-2H3. The highest BCUT2D eigenvalue weighted by molar-refractivity contribution is 7.89. The predicted molar refractivity (Wildman–Crippen MR) is 83.5 cm³/mol. The number of sulfonamides is 1. The molecule has 0 aliphatic carbocycles. The van der Waals surface area contributed by atoms with Crippen LogP contribution in [0.3, 0.4) is 0 Å². The Morgan fingerprint density at radius 1 is 1.40 bits per heavy atom. The molecule has 4 nitrogen and oxygen atoms in total. The first-order valence-electron chi connectivity index (χ1n) is 7.40. The van der Waals surface area contributed by atoms with E-state index < -0.39 is 10.0 Å². The summed E-state index contributed by atoms with van der Waals surface area (Å²) in [5.41, 5.74) is 0. The number of piperidine rings is 1. The average molecular weight is 316 g/mol. The minimum atomic E-state index is -3.34. The van der Waals surface area contributed by atoms with Crippen LogP contribution in [0.5, 0.6) is 0 Å². The van der Waals surface area contributed by atoms with E-state index in [1.807, 2.05) is 12.3 Å². The van der Waals surface area contributed by atoms with Gasteiger partial charge in [-0.2, -0.15) is 4.31 Å². The third-order valence-corrected chi connectivity index (χ3v) is 6.96. The molecule has 0 spiro atoms. The molecule has 1 fully saturated rings. The number of rotatable bonds is 6. The predicted octanol–water partition coefficient (Wildman–Crippen LogP) is 2.81. The third-order valence-electron chi connectivity index (χ3n) is 3.87. The van der Waals surface area contributed by atoms with Gasteiger partial charge in [0.2, 0.25) is 10.0 Å². The highest BCUT2D eigenvalue weighted by atomic mass is 32.2. The van der Waals surface area contributed by atoms with Crippen LogP contribution in [0.15, 0.2) is 16.3 Å². The van der Waals surface area contributed by atoms with Crippen molar-refractivity contribution in [2.45, 2.75) is 57.0 Å². The van der Waals surface area contributed by atoms with Crippen LogP contribution in [0.25, 0.3) is 0 Å². The fourth-order valence-electron chi connectivity index (χ4n) is 2.75. The van der Waals surface area contributed by atoms with Crippen LogP contribution in [0.2, 0.25) is 0 Å². The molecule has 1 N–H and O–H groups in total. The second-order valence-electron chi connectivity index (χ2n) is 5.16. The fourth-order valence-corrected chi connectivity index (χ4v) is 5.90. The molecular weight excluding hydrogens is 292 g/mol. The summed E-state index contributed by atoms with van der Waals surface area (Å²) in [5.74, 6) is 0. The minimum Gasteiger partial charge on any atom is -0.312 e. The first-order chi connectivity index (χ1) is 9.61. The summed E-state index contributed by atoms with van der Waals surface area (Å²) in [7, 11) is -3.34. The van der Waals surface area contributed by atoms with Gasteiger partial charge in [0.1, 0.15) is 0 Å². The van der Waals surface area contributed by atoms with Gasteiger partial charge in [-0.15, -0.1) is 11.3 Å². The van der Waals surface area contributed by atoms with Gasteiger partial charge < -0.3 is 5.32 Å². The van der Waals surface area contributed by atoms with E-state index in [1.54, 1.807) is 10.4 Å². The van der Waals surface area contributed by atoms with Crippen molar-refractivity contribution >= 4 is 21.4 Å². The molecular formula is C14H24N2O2S2. The van der Waals surface area contributed by atoms with Gasteiger partial charge in [0.25, 0.3) is 0 Å². The molecule has 1 aromatic rings. The highest BCUT2D eigenvalue weighted by Crippen LogP contribution is 2.30. The van der Waals surface area contributed by atoms with Gasteiger partial charge in [0.05, 0.1) is 4.90 Å². The summed E-state index contributed by atoms with van der Waals surface area (Å²) in [6.45, 7) is 6.24. The Morgan fingerprint density at radius 2 is 2.20 bits per heavy atom.